The van der Waals surface area contributed by atoms with Crippen molar-refractivity contribution in [3.63, 3.8) is 0 Å². The summed E-state index contributed by atoms with van der Waals surface area (Å²) in [6, 6.07) is 6.93. The van der Waals surface area contributed by atoms with Crippen LogP contribution < -0.4 is 0 Å². The van der Waals surface area contributed by atoms with Crippen LogP contribution in [0.5, 0.6) is 0 Å². The highest BCUT2D eigenvalue weighted by atomic mass is 32.2. The Kier molecular flexibility index (Phi) is 6.26. The van der Waals surface area contributed by atoms with Gasteiger partial charge in [-0.1, -0.05) is 49.1 Å². The van der Waals surface area contributed by atoms with Gasteiger partial charge in [-0.15, -0.1) is 6.42 Å². The van der Waals surface area contributed by atoms with Gasteiger partial charge in [-0.3, -0.25) is 0 Å². The van der Waals surface area contributed by atoms with E-state index in [1.807, 2.05) is 19.1 Å². The second-order valence-corrected chi connectivity index (χ2v) is 8.80. The van der Waals surface area contributed by atoms with Crippen molar-refractivity contribution in [2.45, 2.75) is 44.9 Å². The Labute approximate surface area is 146 Å². The molecule has 2 rings (SSSR count). The third-order valence-corrected chi connectivity index (χ3v) is 6.80. The van der Waals surface area contributed by atoms with Crippen molar-refractivity contribution in [1.29, 1.82) is 0 Å². The predicted molar refractivity (Wildman–Crippen MR) is 99.0 cm³/mol. The lowest BCUT2D eigenvalue weighted by atomic mass is 9.81. The summed E-state index contributed by atoms with van der Waals surface area (Å²) < 4.78 is 27.1. The first kappa shape index (κ1) is 18.8. The predicted octanol–water partition coefficient (Wildman–Crippen LogP) is 4.00. The average Bonchev–Trinajstić information content (AvgIpc) is 2.55. The van der Waals surface area contributed by atoms with E-state index in [9.17, 15) is 8.42 Å². The van der Waals surface area contributed by atoms with Gasteiger partial charge in [0.1, 0.15) is 0 Å². The van der Waals surface area contributed by atoms with Crippen LogP contribution in [0.4, 0.5) is 0 Å². The van der Waals surface area contributed by atoms with Crippen LogP contribution in [0.15, 0.2) is 40.8 Å². The summed E-state index contributed by atoms with van der Waals surface area (Å²) in [5.41, 5.74) is 2.38. The molecule has 1 aromatic rings. The molecule has 0 bridgehead atoms. The Hall–Kier alpha value is -1.57. The van der Waals surface area contributed by atoms with E-state index in [1.54, 1.807) is 12.1 Å². The zero-order valence-electron chi connectivity index (χ0n) is 14.8. The van der Waals surface area contributed by atoms with E-state index in [0.29, 0.717) is 23.3 Å². The maximum atomic E-state index is 12.8. The Balaban J connectivity index is 2.12. The summed E-state index contributed by atoms with van der Waals surface area (Å²) in [6.45, 7) is 7.01. The minimum atomic E-state index is -3.54. The van der Waals surface area contributed by atoms with Gasteiger partial charge in [0.15, 0.2) is 0 Å². The highest BCUT2D eigenvalue weighted by Crippen LogP contribution is 2.30. The van der Waals surface area contributed by atoms with Crippen LogP contribution in [0, 0.1) is 31.1 Å². The van der Waals surface area contributed by atoms with Gasteiger partial charge in [0.2, 0.25) is 10.0 Å². The Bertz CT molecular complexity index is 726. The number of terminal acetylenes is 1. The van der Waals surface area contributed by atoms with Gasteiger partial charge in [0.25, 0.3) is 0 Å². The second kappa shape index (κ2) is 8.00. The molecule has 0 aliphatic heterocycles. The highest BCUT2D eigenvalue weighted by Gasteiger charge is 2.25. The summed E-state index contributed by atoms with van der Waals surface area (Å²) in [4.78, 5) is 0.308. The molecule has 1 aliphatic rings. The largest absolute Gasteiger partial charge is 0.243 e. The number of hydrogen-bond acceptors (Lipinski definition) is 2. The molecule has 0 aromatic heterocycles. The summed E-state index contributed by atoms with van der Waals surface area (Å²) in [5.74, 6) is 3.84. The Morgan fingerprint density at radius 3 is 2.46 bits per heavy atom. The van der Waals surface area contributed by atoms with E-state index < -0.39 is 10.0 Å². The molecule has 0 saturated heterocycles. The normalized spacial score (nSPS) is 21.4. The first-order chi connectivity index (χ1) is 11.3. The molecule has 0 fully saturated rings. The van der Waals surface area contributed by atoms with Gasteiger partial charge in [0.05, 0.1) is 11.4 Å². The zero-order chi connectivity index (χ0) is 17.7. The van der Waals surface area contributed by atoms with Crippen molar-refractivity contribution in [2.75, 3.05) is 13.1 Å². The fraction of sp³-hybridized carbons (Fsp3) is 0.500. The minimum absolute atomic E-state index is 0.107. The van der Waals surface area contributed by atoms with E-state index in [1.165, 1.54) is 9.88 Å². The lowest BCUT2D eigenvalue weighted by Gasteiger charge is -2.27. The van der Waals surface area contributed by atoms with Gasteiger partial charge in [0, 0.05) is 6.54 Å². The number of allylic oxidation sites excluding steroid dienone is 1. The Morgan fingerprint density at radius 2 is 1.88 bits per heavy atom. The summed E-state index contributed by atoms with van der Waals surface area (Å²) in [5, 5.41) is 0. The van der Waals surface area contributed by atoms with E-state index in [2.05, 4.69) is 25.8 Å². The maximum Gasteiger partial charge on any atom is 0.243 e. The SMILES string of the molecule is C#CCN(CCC1=CCC(C)C(C)C1)S(=O)(=O)c1ccc(C)cc1. The fourth-order valence-corrected chi connectivity index (χ4v) is 4.36. The van der Waals surface area contributed by atoms with Crippen LogP contribution in [-0.2, 0) is 10.0 Å². The number of hydrogen-bond donors (Lipinski definition) is 0. The van der Waals surface area contributed by atoms with Crippen LogP contribution in [0.2, 0.25) is 0 Å². The molecule has 24 heavy (non-hydrogen) atoms. The molecular weight excluding hydrogens is 318 g/mol. The summed E-state index contributed by atoms with van der Waals surface area (Å²) in [7, 11) is -3.54. The monoisotopic (exact) mass is 345 g/mol. The molecule has 0 heterocycles. The second-order valence-electron chi connectivity index (χ2n) is 6.86. The molecule has 0 amide bonds. The average molecular weight is 346 g/mol. The van der Waals surface area contributed by atoms with E-state index in [4.69, 9.17) is 6.42 Å². The van der Waals surface area contributed by atoms with Crippen molar-refractivity contribution in [1.82, 2.24) is 4.31 Å². The van der Waals surface area contributed by atoms with Crippen LogP contribution in [0.25, 0.3) is 0 Å². The lowest BCUT2D eigenvalue weighted by molar-refractivity contribution is 0.359. The summed E-state index contributed by atoms with van der Waals surface area (Å²) in [6.07, 6.45) is 10.6. The molecule has 2 unspecified atom stereocenters. The molecule has 0 radical (unpaired) electrons. The van der Waals surface area contributed by atoms with Crippen LogP contribution >= 0.6 is 0 Å². The third-order valence-electron chi connectivity index (χ3n) is 4.94. The van der Waals surface area contributed by atoms with Gasteiger partial charge < -0.3 is 0 Å². The molecule has 4 heteroatoms. The van der Waals surface area contributed by atoms with Crippen LogP contribution in [0.1, 0.15) is 38.7 Å². The quantitative estimate of drug-likeness (QED) is 0.577. The minimum Gasteiger partial charge on any atom is -0.207 e. The molecule has 2 atom stereocenters. The van der Waals surface area contributed by atoms with Crippen molar-refractivity contribution >= 4 is 10.0 Å². The zero-order valence-corrected chi connectivity index (χ0v) is 15.6. The topological polar surface area (TPSA) is 37.4 Å². The first-order valence-electron chi connectivity index (χ1n) is 8.52. The number of benzene rings is 1. The van der Waals surface area contributed by atoms with Crippen molar-refractivity contribution in [3.8, 4) is 12.3 Å². The molecule has 130 valence electrons. The van der Waals surface area contributed by atoms with Crippen molar-refractivity contribution in [3.05, 3.63) is 41.5 Å². The number of rotatable bonds is 6. The van der Waals surface area contributed by atoms with E-state index >= 15 is 0 Å². The Morgan fingerprint density at radius 1 is 1.21 bits per heavy atom. The number of sulfonamides is 1. The van der Waals surface area contributed by atoms with Gasteiger partial charge in [-0.2, -0.15) is 4.31 Å². The standard InChI is InChI=1S/C20H27NO2S/c1-5-13-21(14-12-19-9-8-17(3)18(4)15-19)24(22,23)20-10-6-16(2)7-11-20/h1,6-7,9-11,17-18H,8,12-15H2,2-4H3. The van der Waals surface area contributed by atoms with E-state index in [-0.39, 0.29) is 6.54 Å². The third kappa shape index (κ3) is 4.49. The van der Waals surface area contributed by atoms with E-state index in [0.717, 1.165) is 24.8 Å². The molecule has 0 N–H and O–H groups in total. The first-order valence-corrected chi connectivity index (χ1v) is 9.96. The van der Waals surface area contributed by atoms with Crippen LogP contribution in [0.3, 0.4) is 0 Å². The number of aryl methyl sites for hydroxylation is 1. The van der Waals surface area contributed by atoms with Gasteiger partial charge >= 0.3 is 0 Å². The highest BCUT2D eigenvalue weighted by molar-refractivity contribution is 7.89. The van der Waals surface area contributed by atoms with Crippen molar-refractivity contribution in [2.24, 2.45) is 11.8 Å². The maximum absolute atomic E-state index is 12.8. The molecule has 0 spiro atoms. The van der Waals surface area contributed by atoms with Gasteiger partial charge in [-0.05, 0) is 50.2 Å². The fourth-order valence-electron chi connectivity index (χ4n) is 3.00. The smallest absolute Gasteiger partial charge is 0.207 e. The molecule has 1 aliphatic carbocycles. The number of nitrogens with zero attached hydrogens (tertiary/aromatic N) is 1. The molecule has 3 nitrogen and oxygen atoms in total. The summed E-state index contributed by atoms with van der Waals surface area (Å²) >= 11 is 0. The van der Waals surface area contributed by atoms with Crippen molar-refractivity contribution < 1.29 is 8.42 Å². The van der Waals surface area contributed by atoms with Crippen LogP contribution in [-0.4, -0.2) is 25.8 Å². The molecular formula is C20H27NO2S. The van der Waals surface area contributed by atoms with Gasteiger partial charge in [-0.25, -0.2) is 8.42 Å². The lowest BCUT2D eigenvalue weighted by Crippen LogP contribution is -2.33. The molecule has 1 aromatic carbocycles. The molecule has 0 saturated carbocycles.